The molecule has 0 amide bonds. The maximum atomic E-state index is 12.3. The van der Waals surface area contributed by atoms with Crippen LogP contribution in [0.15, 0.2) is 29.2 Å². The number of hydrogen-bond donors (Lipinski definition) is 2. The molecule has 0 saturated heterocycles. The Morgan fingerprint density at radius 2 is 2.05 bits per heavy atom. The summed E-state index contributed by atoms with van der Waals surface area (Å²) in [4.78, 5) is 0.222. The number of sulfonamides is 1. The summed E-state index contributed by atoms with van der Waals surface area (Å²) in [5, 5.41) is 0. The quantitative estimate of drug-likeness (QED) is 0.804. The summed E-state index contributed by atoms with van der Waals surface area (Å²) in [6.45, 7) is 8.13. The van der Waals surface area contributed by atoms with Crippen molar-refractivity contribution in [3.05, 3.63) is 29.8 Å². The normalized spacial score (nSPS) is 14.2. The van der Waals surface area contributed by atoms with E-state index in [1.165, 1.54) is 0 Å². The van der Waals surface area contributed by atoms with Crippen LogP contribution >= 0.6 is 0 Å². The van der Waals surface area contributed by atoms with Gasteiger partial charge in [0.2, 0.25) is 10.0 Å². The third kappa shape index (κ3) is 4.86. The molecule has 6 heteroatoms. The molecule has 0 aromatic heterocycles. The molecule has 5 nitrogen and oxygen atoms in total. The minimum Gasteiger partial charge on any atom is -0.375 e. The van der Waals surface area contributed by atoms with Crippen molar-refractivity contribution in [3.8, 4) is 0 Å². The average molecular weight is 300 g/mol. The van der Waals surface area contributed by atoms with E-state index in [0.29, 0.717) is 6.61 Å². The summed E-state index contributed by atoms with van der Waals surface area (Å²) >= 11 is 0. The van der Waals surface area contributed by atoms with Crippen LogP contribution in [-0.2, 0) is 14.8 Å². The molecule has 0 aliphatic carbocycles. The molecule has 1 atom stereocenters. The number of nitrogens with one attached hydrogen (secondary N) is 1. The fraction of sp³-hybridized carbons (Fsp3) is 0.571. The van der Waals surface area contributed by atoms with Crippen molar-refractivity contribution in [1.82, 2.24) is 4.72 Å². The van der Waals surface area contributed by atoms with E-state index in [9.17, 15) is 8.42 Å². The van der Waals surface area contributed by atoms with Gasteiger partial charge in [0.05, 0.1) is 10.5 Å². The van der Waals surface area contributed by atoms with E-state index in [-0.39, 0.29) is 17.5 Å². The van der Waals surface area contributed by atoms with Crippen LogP contribution < -0.4 is 10.5 Å². The first kappa shape index (κ1) is 17.1. The van der Waals surface area contributed by atoms with Gasteiger partial charge in [0.25, 0.3) is 0 Å². The van der Waals surface area contributed by atoms with Gasteiger partial charge in [0, 0.05) is 19.2 Å². The zero-order valence-electron chi connectivity index (χ0n) is 12.5. The highest BCUT2D eigenvalue weighted by Gasteiger charge is 2.22. The summed E-state index contributed by atoms with van der Waals surface area (Å²) in [5.74, 6) is 0. The van der Waals surface area contributed by atoms with Gasteiger partial charge in [-0.25, -0.2) is 13.1 Å². The van der Waals surface area contributed by atoms with E-state index in [2.05, 4.69) is 4.72 Å². The van der Waals surface area contributed by atoms with Crippen LogP contribution in [0.2, 0.25) is 0 Å². The molecule has 0 bridgehead atoms. The van der Waals surface area contributed by atoms with Gasteiger partial charge in [-0.05, 0) is 45.4 Å². The van der Waals surface area contributed by atoms with Crippen LogP contribution in [0.1, 0.15) is 39.3 Å². The molecule has 1 aromatic rings. The SMILES string of the molecule is CCOC(C)(C)CNS(=O)(=O)c1cccc(C(C)N)c1. The van der Waals surface area contributed by atoms with E-state index >= 15 is 0 Å². The molecule has 0 aliphatic rings. The van der Waals surface area contributed by atoms with Gasteiger partial charge in [0.1, 0.15) is 0 Å². The Morgan fingerprint density at radius 3 is 2.60 bits per heavy atom. The Hall–Kier alpha value is -0.950. The first-order chi connectivity index (χ1) is 9.18. The van der Waals surface area contributed by atoms with Crippen LogP contribution in [0, 0.1) is 0 Å². The molecule has 0 spiro atoms. The van der Waals surface area contributed by atoms with Crippen LogP contribution in [0.3, 0.4) is 0 Å². The van der Waals surface area contributed by atoms with Crippen LogP contribution in [0.25, 0.3) is 0 Å². The lowest BCUT2D eigenvalue weighted by Gasteiger charge is -2.24. The van der Waals surface area contributed by atoms with E-state index in [0.717, 1.165) is 5.56 Å². The predicted molar refractivity (Wildman–Crippen MR) is 79.9 cm³/mol. The first-order valence-corrected chi connectivity index (χ1v) is 8.15. The van der Waals surface area contributed by atoms with E-state index in [1.54, 1.807) is 18.2 Å². The minimum absolute atomic E-state index is 0.204. The van der Waals surface area contributed by atoms with E-state index in [4.69, 9.17) is 10.5 Å². The van der Waals surface area contributed by atoms with Crippen LogP contribution in [0.4, 0.5) is 0 Å². The van der Waals surface area contributed by atoms with E-state index < -0.39 is 15.6 Å². The van der Waals surface area contributed by atoms with Crippen molar-refractivity contribution in [3.63, 3.8) is 0 Å². The Labute approximate surface area is 121 Å². The smallest absolute Gasteiger partial charge is 0.240 e. The molecule has 0 saturated carbocycles. The summed E-state index contributed by atoms with van der Waals surface area (Å²) in [6.07, 6.45) is 0. The van der Waals surface area contributed by atoms with Gasteiger partial charge in [-0.15, -0.1) is 0 Å². The van der Waals surface area contributed by atoms with Crippen molar-refractivity contribution < 1.29 is 13.2 Å². The Bertz CT molecular complexity index is 539. The Morgan fingerprint density at radius 1 is 1.40 bits per heavy atom. The Balaban J connectivity index is 2.86. The number of hydrogen-bond acceptors (Lipinski definition) is 4. The molecule has 0 fully saturated rings. The van der Waals surface area contributed by atoms with Gasteiger partial charge in [-0.1, -0.05) is 12.1 Å². The molecule has 0 heterocycles. The molecule has 20 heavy (non-hydrogen) atoms. The van der Waals surface area contributed by atoms with Gasteiger partial charge >= 0.3 is 0 Å². The number of nitrogens with two attached hydrogens (primary N) is 1. The maximum absolute atomic E-state index is 12.3. The lowest BCUT2D eigenvalue weighted by Crippen LogP contribution is -2.40. The number of rotatable bonds is 7. The van der Waals surface area contributed by atoms with Crippen LogP contribution in [0.5, 0.6) is 0 Å². The fourth-order valence-electron chi connectivity index (χ4n) is 1.76. The minimum atomic E-state index is -3.55. The molecule has 0 aliphatic heterocycles. The van der Waals surface area contributed by atoms with Crippen molar-refractivity contribution in [2.24, 2.45) is 5.73 Å². The summed E-state index contributed by atoms with van der Waals surface area (Å²) in [6, 6.07) is 6.46. The lowest BCUT2D eigenvalue weighted by molar-refractivity contribution is -0.00515. The average Bonchev–Trinajstić information content (AvgIpc) is 2.37. The van der Waals surface area contributed by atoms with Crippen molar-refractivity contribution in [1.29, 1.82) is 0 Å². The molecular weight excluding hydrogens is 276 g/mol. The molecule has 1 aromatic carbocycles. The second-order valence-electron chi connectivity index (χ2n) is 5.38. The van der Waals surface area contributed by atoms with Gasteiger partial charge in [-0.3, -0.25) is 0 Å². The highest BCUT2D eigenvalue weighted by atomic mass is 32.2. The first-order valence-electron chi connectivity index (χ1n) is 6.67. The molecule has 3 N–H and O–H groups in total. The largest absolute Gasteiger partial charge is 0.375 e. The topological polar surface area (TPSA) is 81.4 Å². The van der Waals surface area contributed by atoms with E-state index in [1.807, 2.05) is 33.8 Å². The number of ether oxygens (including phenoxy) is 1. The summed E-state index contributed by atoms with van der Waals surface area (Å²) < 4.78 is 32.5. The Kier molecular flexibility index (Phi) is 5.70. The molecular formula is C14H24N2O3S. The molecule has 1 unspecified atom stereocenters. The molecule has 0 radical (unpaired) electrons. The van der Waals surface area contributed by atoms with Crippen molar-refractivity contribution in [2.75, 3.05) is 13.2 Å². The molecule has 114 valence electrons. The third-order valence-electron chi connectivity index (χ3n) is 2.92. The second-order valence-corrected chi connectivity index (χ2v) is 7.15. The van der Waals surface area contributed by atoms with Gasteiger partial charge < -0.3 is 10.5 Å². The second kappa shape index (κ2) is 6.67. The van der Waals surface area contributed by atoms with Crippen LogP contribution in [-0.4, -0.2) is 27.2 Å². The van der Waals surface area contributed by atoms with Gasteiger partial charge in [0.15, 0.2) is 0 Å². The maximum Gasteiger partial charge on any atom is 0.240 e. The van der Waals surface area contributed by atoms with Crippen molar-refractivity contribution >= 4 is 10.0 Å². The predicted octanol–water partition coefficient (Wildman–Crippen LogP) is 1.80. The van der Waals surface area contributed by atoms with Crippen molar-refractivity contribution in [2.45, 2.75) is 44.2 Å². The fourth-order valence-corrected chi connectivity index (χ4v) is 3.01. The zero-order chi connectivity index (χ0) is 15.4. The lowest BCUT2D eigenvalue weighted by atomic mass is 10.1. The van der Waals surface area contributed by atoms with Gasteiger partial charge in [-0.2, -0.15) is 0 Å². The molecule has 1 rings (SSSR count). The summed E-state index contributed by atoms with van der Waals surface area (Å²) in [7, 11) is -3.55. The summed E-state index contributed by atoms with van der Waals surface area (Å²) in [5.41, 5.74) is 6.02. The zero-order valence-corrected chi connectivity index (χ0v) is 13.3. The number of benzene rings is 1. The highest BCUT2D eigenvalue weighted by Crippen LogP contribution is 2.16. The standard InChI is InChI=1S/C14H24N2O3S/c1-5-19-14(3,4)10-16-20(17,18)13-8-6-7-12(9-13)11(2)15/h6-9,11,16H,5,10,15H2,1-4H3. The monoisotopic (exact) mass is 300 g/mol. The third-order valence-corrected chi connectivity index (χ3v) is 4.32. The highest BCUT2D eigenvalue weighted by molar-refractivity contribution is 7.89.